The fourth-order valence-electron chi connectivity index (χ4n) is 1.52. The van der Waals surface area contributed by atoms with Crippen LogP contribution in [0.5, 0.6) is 0 Å². The van der Waals surface area contributed by atoms with Crippen molar-refractivity contribution in [1.29, 1.82) is 0 Å². The molecule has 0 unspecified atom stereocenters. The predicted molar refractivity (Wildman–Crippen MR) is 66.9 cm³/mol. The zero-order valence-corrected chi connectivity index (χ0v) is 10.3. The van der Waals surface area contributed by atoms with Crippen molar-refractivity contribution in [2.24, 2.45) is 0 Å². The van der Waals surface area contributed by atoms with Gasteiger partial charge in [0, 0.05) is 4.47 Å². The Morgan fingerprint density at radius 1 is 1.44 bits per heavy atom. The van der Waals surface area contributed by atoms with Crippen LogP contribution in [0.3, 0.4) is 0 Å². The van der Waals surface area contributed by atoms with Crippen molar-refractivity contribution in [3.8, 4) is 5.69 Å². The summed E-state index contributed by atoms with van der Waals surface area (Å²) in [5.74, 6) is -0.426. The fourth-order valence-corrected chi connectivity index (χ4v) is 1.98. The average Bonchev–Trinajstić information content (AvgIpc) is 2.55. The summed E-state index contributed by atoms with van der Waals surface area (Å²) in [5.41, 5.74) is 1.23. The number of para-hydroxylation sites is 1. The van der Waals surface area contributed by atoms with Crippen LogP contribution in [0.4, 0.5) is 0 Å². The van der Waals surface area contributed by atoms with Gasteiger partial charge >= 0.3 is 5.76 Å². The molecule has 0 aliphatic heterocycles. The molecule has 82 valence electrons. The molecule has 16 heavy (non-hydrogen) atoms. The Morgan fingerprint density at radius 3 is 2.69 bits per heavy atom. The Hall–Kier alpha value is -1.55. The number of oxazole rings is 1. The molecule has 0 amide bonds. The van der Waals surface area contributed by atoms with Crippen LogP contribution in [-0.4, -0.2) is 4.57 Å². The summed E-state index contributed by atoms with van der Waals surface area (Å²) >= 11 is 3.39. The van der Waals surface area contributed by atoms with Crippen molar-refractivity contribution < 1.29 is 4.42 Å². The molecule has 0 saturated carbocycles. The first-order valence-corrected chi connectivity index (χ1v) is 5.56. The van der Waals surface area contributed by atoms with Crippen molar-refractivity contribution in [3.05, 3.63) is 50.1 Å². The first-order chi connectivity index (χ1) is 7.65. The number of nitrogens with zero attached hydrogens (tertiary/aromatic N) is 1. The van der Waals surface area contributed by atoms with Crippen LogP contribution in [-0.2, 0) is 0 Å². The lowest BCUT2D eigenvalue weighted by Crippen LogP contribution is -2.29. The highest BCUT2D eigenvalue weighted by Crippen LogP contribution is 2.17. The van der Waals surface area contributed by atoms with E-state index in [1.54, 1.807) is 13.0 Å². The highest BCUT2D eigenvalue weighted by atomic mass is 79.9. The van der Waals surface area contributed by atoms with Crippen LogP contribution in [0.25, 0.3) is 18.3 Å². The lowest BCUT2D eigenvalue weighted by atomic mass is 10.3. The van der Waals surface area contributed by atoms with Crippen LogP contribution in [0.2, 0.25) is 0 Å². The zero-order chi connectivity index (χ0) is 11.7. The normalized spacial score (nSPS) is 12.0. The molecule has 0 aliphatic carbocycles. The second-order valence-corrected chi connectivity index (χ2v) is 4.11. The summed E-state index contributed by atoms with van der Waals surface area (Å²) < 4.78 is 7.34. The highest BCUT2D eigenvalue weighted by molar-refractivity contribution is 9.10. The molecule has 1 aromatic carbocycles. The lowest BCUT2D eigenvalue weighted by molar-refractivity contribution is 0.477. The van der Waals surface area contributed by atoms with Gasteiger partial charge in [0.05, 0.1) is 11.0 Å². The molecule has 0 fully saturated rings. The van der Waals surface area contributed by atoms with Gasteiger partial charge in [0.25, 0.3) is 0 Å². The first-order valence-electron chi connectivity index (χ1n) is 4.77. The van der Waals surface area contributed by atoms with Crippen LogP contribution < -0.4 is 16.5 Å². The monoisotopic (exact) mass is 279 g/mol. The summed E-state index contributed by atoms with van der Waals surface area (Å²) in [6.07, 6.45) is 1.72. The molecule has 1 aromatic heterocycles. The molecular weight excluding hydrogens is 270 g/mol. The number of aromatic nitrogens is 1. The number of halogens is 1. The number of rotatable bonds is 1. The Bertz CT molecular complexity index is 682. The Kier molecular flexibility index (Phi) is 2.83. The van der Waals surface area contributed by atoms with Gasteiger partial charge in [0.1, 0.15) is 0 Å². The Labute approximate surface area is 100 Å². The van der Waals surface area contributed by atoms with Gasteiger partial charge in [0.15, 0.2) is 5.42 Å². The lowest BCUT2D eigenvalue weighted by Gasteiger charge is -2.02. The maximum atomic E-state index is 11.7. The van der Waals surface area contributed by atoms with E-state index in [-0.39, 0.29) is 0 Å². The van der Waals surface area contributed by atoms with E-state index >= 15 is 0 Å². The summed E-state index contributed by atoms with van der Waals surface area (Å²) in [7, 11) is 0. The molecule has 3 nitrogen and oxygen atoms in total. The topological polar surface area (TPSA) is 35.1 Å². The molecule has 0 N–H and O–H groups in total. The standard InChI is InChI=1S/C12H10BrNO2/c1-3-11-8(2)14(12(15)16-11)10-7-5-4-6-9(10)13/h3-7H,2H2,1H3/b11-3-. The quantitative estimate of drug-likeness (QED) is 0.791. The smallest absolute Gasteiger partial charge is 0.408 e. The van der Waals surface area contributed by atoms with Gasteiger partial charge in [-0.25, -0.2) is 9.36 Å². The van der Waals surface area contributed by atoms with Crippen molar-refractivity contribution in [2.75, 3.05) is 0 Å². The molecule has 4 heteroatoms. The van der Waals surface area contributed by atoms with E-state index in [1.165, 1.54) is 4.57 Å². The van der Waals surface area contributed by atoms with Gasteiger partial charge in [-0.2, -0.15) is 0 Å². The van der Waals surface area contributed by atoms with Crippen LogP contribution in [0.1, 0.15) is 6.92 Å². The second kappa shape index (κ2) is 4.14. The third-order valence-corrected chi connectivity index (χ3v) is 2.96. The van der Waals surface area contributed by atoms with E-state index in [9.17, 15) is 4.79 Å². The SMILES string of the molecule is C=c1/c(=C/C)oc(=O)n1-c1ccccc1Br. The molecule has 0 bridgehead atoms. The summed E-state index contributed by atoms with van der Waals surface area (Å²) in [5, 5.41) is 0.555. The summed E-state index contributed by atoms with van der Waals surface area (Å²) in [6.45, 7) is 5.65. The number of benzene rings is 1. The third kappa shape index (κ3) is 1.65. The second-order valence-electron chi connectivity index (χ2n) is 3.25. The first kappa shape index (κ1) is 11.0. The Balaban J connectivity index is 2.86. The van der Waals surface area contributed by atoms with Crippen LogP contribution >= 0.6 is 15.9 Å². The highest BCUT2D eigenvalue weighted by Gasteiger charge is 2.08. The van der Waals surface area contributed by atoms with E-state index in [1.807, 2.05) is 24.3 Å². The van der Waals surface area contributed by atoms with Gasteiger partial charge in [0.2, 0.25) is 0 Å². The van der Waals surface area contributed by atoms with E-state index < -0.39 is 5.76 Å². The van der Waals surface area contributed by atoms with E-state index in [0.717, 1.165) is 10.2 Å². The van der Waals surface area contributed by atoms with Gasteiger partial charge < -0.3 is 4.42 Å². The van der Waals surface area contributed by atoms with E-state index in [2.05, 4.69) is 22.5 Å². The largest absolute Gasteiger partial charge is 0.424 e. The number of hydrogen-bond donors (Lipinski definition) is 0. The van der Waals surface area contributed by atoms with Crippen LogP contribution in [0, 0.1) is 0 Å². The third-order valence-electron chi connectivity index (χ3n) is 2.29. The molecule has 0 saturated heterocycles. The molecular formula is C12H10BrNO2. The van der Waals surface area contributed by atoms with Crippen molar-refractivity contribution >= 4 is 28.6 Å². The van der Waals surface area contributed by atoms with Gasteiger partial charge in [-0.3, -0.25) is 0 Å². The molecule has 1 heterocycles. The molecule has 2 rings (SSSR count). The molecule has 0 atom stereocenters. The summed E-state index contributed by atoms with van der Waals surface area (Å²) in [6, 6.07) is 7.43. The predicted octanol–water partition coefficient (Wildman–Crippen LogP) is 1.40. The zero-order valence-electron chi connectivity index (χ0n) is 8.74. The maximum Gasteiger partial charge on any atom is 0.424 e. The van der Waals surface area contributed by atoms with Crippen molar-refractivity contribution in [2.45, 2.75) is 6.92 Å². The van der Waals surface area contributed by atoms with Gasteiger partial charge in [-0.05, 0) is 41.1 Å². The molecule has 0 aliphatic rings. The molecule has 0 radical (unpaired) electrons. The minimum atomic E-state index is -0.426. The minimum absolute atomic E-state index is 0.426. The molecule has 2 aromatic rings. The van der Waals surface area contributed by atoms with Crippen molar-refractivity contribution in [1.82, 2.24) is 4.57 Å². The minimum Gasteiger partial charge on any atom is -0.408 e. The van der Waals surface area contributed by atoms with E-state index in [4.69, 9.17) is 4.42 Å². The number of hydrogen-bond acceptors (Lipinski definition) is 2. The van der Waals surface area contributed by atoms with Gasteiger partial charge in [-0.15, -0.1) is 0 Å². The Morgan fingerprint density at radius 2 is 2.12 bits per heavy atom. The average molecular weight is 280 g/mol. The van der Waals surface area contributed by atoms with Gasteiger partial charge in [-0.1, -0.05) is 18.7 Å². The maximum absolute atomic E-state index is 11.7. The van der Waals surface area contributed by atoms with E-state index in [0.29, 0.717) is 10.8 Å². The summed E-state index contributed by atoms with van der Waals surface area (Å²) in [4.78, 5) is 11.7. The van der Waals surface area contributed by atoms with Crippen molar-refractivity contribution in [3.63, 3.8) is 0 Å². The molecule has 0 spiro atoms. The fraction of sp³-hybridized carbons (Fsp3) is 0.0833. The van der Waals surface area contributed by atoms with Crippen LogP contribution in [0.15, 0.2) is 37.9 Å².